The number of carbonyl (C=O) groups is 2. The normalized spacial score (nSPS) is 31.8. The van der Waals surface area contributed by atoms with Crippen molar-refractivity contribution in [1.82, 2.24) is 5.32 Å². The predicted octanol–water partition coefficient (Wildman–Crippen LogP) is 3.47. The van der Waals surface area contributed by atoms with Gasteiger partial charge in [0.05, 0.1) is 0 Å². The lowest BCUT2D eigenvalue weighted by Crippen LogP contribution is -2.57. The largest absolute Gasteiger partial charge is 0.481 e. The van der Waals surface area contributed by atoms with Crippen LogP contribution in [0.2, 0.25) is 0 Å². The molecule has 0 spiro atoms. The molecule has 3 aliphatic carbocycles. The van der Waals surface area contributed by atoms with Crippen LogP contribution in [-0.2, 0) is 9.53 Å². The van der Waals surface area contributed by atoms with Gasteiger partial charge in [0, 0.05) is 12.0 Å². The molecule has 5 heteroatoms. The van der Waals surface area contributed by atoms with E-state index in [2.05, 4.69) is 5.32 Å². The lowest BCUT2D eigenvalue weighted by Gasteiger charge is -2.53. The number of carboxylic acid groups (broad SMARTS) is 1. The third kappa shape index (κ3) is 4.11. The van der Waals surface area contributed by atoms with Crippen LogP contribution in [0, 0.1) is 5.41 Å². The van der Waals surface area contributed by atoms with E-state index < -0.39 is 11.6 Å². The number of amides is 1. The molecule has 0 aliphatic heterocycles. The number of nitrogens with one attached hydrogen (secondary N) is 1. The van der Waals surface area contributed by atoms with Gasteiger partial charge in [-0.15, -0.1) is 0 Å². The number of hydrogen-bond donors (Lipinski definition) is 2. The number of carboxylic acids is 1. The van der Waals surface area contributed by atoms with Crippen LogP contribution in [0.3, 0.4) is 0 Å². The third-order valence-corrected chi connectivity index (χ3v) is 5.04. The zero-order chi connectivity index (χ0) is 15.7. The van der Waals surface area contributed by atoms with Crippen LogP contribution in [0.4, 0.5) is 4.79 Å². The lowest BCUT2D eigenvalue weighted by molar-refractivity contribution is -0.138. The number of hydrogen-bond acceptors (Lipinski definition) is 3. The zero-order valence-electron chi connectivity index (χ0n) is 13.3. The Morgan fingerprint density at radius 2 is 1.62 bits per heavy atom. The molecule has 1 amide bonds. The Morgan fingerprint density at radius 3 is 2.05 bits per heavy atom. The van der Waals surface area contributed by atoms with Crippen molar-refractivity contribution < 1.29 is 19.4 Å². The van der Waals surface area contributed by atoms with Crippen LogP contribution in [0.5, 0.6) is 0 Å². The van der Waals surface area contributed by atoms with Gasteiger partial charge in [-0.25, -0.2) is 4.79 Å². The minimum atomic E-state index is -0.710. The third-order valence-electron chi connectivity index (χ3n) is 5.04. The number of fused-ring (bicyclic) bond motifs is 3. The minimum absolute atomic E-state index is 0.132. The quantitative estimate of drug-likeness (QED) is 0.833. The van der Waals surface area contributed by atoms with E-state index in [9.17, 15) is 9.59 Å². The van der Waals surface area contributed by atoms with Crippen LogP contribution in [0.25, 0.3) is 0 Å². The Morgan fingerprint density at radius 1 is 1.10 bits per heavy atom. The second-order valence-electron chi connectivity index (χ2n) is 7.80. The van der Waals surface area contributed by atoms with E-state index >= 15 is 0 Å². The van der Waals surface area contributed by atoms with Crippen molar-refractivity contribution in [1.29, 1.82) is 0 Å². The average Bonchev–Trinajstić information content (AvgIpc) is 2.36. The van der Waals surface area contributed by atoms with Crippen LogP contribution >= 0.6 is 0 Å². The SMILES string of the molecule is CC(C)(C)OC(=O)NC12CCC(CCC(=O)O)(CC1)CC2. The summed E-state index contributed by atoms with van der Waals surface area (Å²) in [4.78, 5) is 22.8. The molecule has 0 unspecified atom stereocenters. The maximum Gasteiger partial charge on any atom is 0.408 e. The van der Waals surface area contributed by atoms with Crippen molar-refractivity contribution in [3.63, 3.8) is 0 Å². The number of rotatable bonds is 4. The highest BCUT2D eigenvalue weighted by molar-refractivity contribution is 5.69. The summed E-state index contributed by atoms with van der Waals surface area (Å²) in [5.74, 6) is -0.710. The highest BCUT2D eigenvalue weighted by Gasteiger charge is 2.49. The van der Waals surface area contributed by atoms with E-state index in [0.717, 1.165) is 44.9 Å². The molecule has 2 bridgehead atoms. The van der Waals surface area contributed by atoms with Crippen molar-refractivity contribution in [2.45, 2.75) is 83.3 Å². The molecule has 0 saturated heterocycles. The van der Waals surface area contributed by atoms with Gasteiger partial charge in [-0.3, -0.25) is 4.79 Å². The fourth-order valence-corrected chi connectivity index (χ4v) is 3.72. The first-order valence-electron chi connectivity index (χ1n) is 7.87. The average molecular weight is 297 g/mol. The Labute approximate surface area is 126 Å². The number of carbonyl (C=O) groups excluding carboxylic acids is 1. The summed E-state index contributed by atoms with van der Waals surface area (Å²) in [7, 11) is 0. The summed E-state index contributed by atoms with van der Waals surface area (Å²) in [6, 6.07) is 0. The lowest BCUT2D eigenvalue weighted by atomic mass is 9.56. The van der Waals surface area contributed by atoms with E-state index in [1.165, 1.54) is 0 Å². The van der Waals surface area contributed by atoms with E-state index in [0.29, 0.717) is 0 Å². The number of alkyl carbamates (subject to hydrolysis) is 1. The van der Waals surface area contributed by atoms with Crippen LogP contribution in [0.1, 0.15) is 72.1 Å². The Kier molecular flexibility index (Phi) is 4.22. The van der Waals surface area contributed by atoms with E-state index in [1.54, 1.807) is 0 Å². The molecule has 0 atom stereocenters. The molecule has 21 heavy (non-hydrogen) atoms. The molecular formula is C16H27NO4. The summed E-state index contributed by atoms with van der Waals surface area (Å²) in [5, 5.41) is 12.0. The van der Waals surface area contributed by atoms with Crippen molar-refractivity contribution in [3.05, 3.63) is 0 Å². The molecule has 0 radical (unpaired) electrons. The van der Waals surface area contributed by atoms with Crippen LogP contribution in [0.15, 0.2) is 0 Å². The molecule has 3 aliphatic rings. The van der Waals surface area contributed by atoms with Crippen molar-refractivity contribution in [2.24, 2.45) is 5.41 Å². The molecular weight excluding hydrogens is 270 g/mol. The fourth-order valence-electron chi connectivity index (χ4n) is 3.72. The van der Waals surface area contributed by atoms with Gasteiger partial charge in [-0.1, -0.05) is 0 Å². The molecule has 0 aromatic rings. The van der Waals surface area contributed by atoms with E-state index in [4.69, 9.17) is 9.84 Å². The summed E-state index contributed by atoms with van der Waals surface area (Å²) < 4.78 is 5.36. The molecule has 0 aromatic heterocycles. The first-order valence-corrected chi connectivity index (χ1v) is 7.87. The van der Waals surface area contributed by atoms with Gasteiger partial charge in [-0.05, 0) is 71.1 Å². The zero-order valence-corrected chi connectivity index (χ0v) is 13.3. The number of aliphatic carboxylic acids is 1. The maximum atomic E-state index is 12.0. The smallest absolute Gasteiger partial charge is 0.408 e. The van der Waals surface area contributed by atoms with E-state index in [1.807, 2.05) is 20.8 Å². The van der Waals surface area contributed by atoms with Gasteiger partial charge >= 0.3 is 12.1 Å². The van der Waals surface area contributed by atoms with Gasteiger partial charge in [0.2, 0.25) is 0 Å². The first kappa shape index (κ1) is 16.1. The predicted molar refractivity (Wildman–Crippen MR) is 79.1 cm³/mol. The van der Waals surface area contributed by atoms with Gasteiger partial charge in [0.1, 0.15) is 5.60 Å². The monoisotopic (exact) mass is 297 g/mol. The number of ether oxygens (including phenoxy) is 1. The molecule has 0 aromatic carbocycles. The van der Waals surface area contributed by atoms with Crippen LogP contribution < -0.4 is 5.32 Å². The molecule has 3 fully saturated rings. The first-order chi connectivity index (χ1) is 9.64. The molecule has 0 heterocycles. The Balaban J connectivity index is 1.89. The Hall–Kier alpha value is -1.26. The standard InChI is InChI=1S/C16H27NO4/c1-14(2,3)21-13(20)17-16-9-6-15(7-10-16,8-11-16)5-4-12(18)19/h4-11H2,1-3H3,(H,17,20)(H,18,19). The summed E-state index contributed by atoms with van der Waals surface area (Å²) >= 11 is 0. The van der Waals surface area contributed by atoms with Crippen LogP contribution in [-0.4, -0.2) is 28.3 Å². The Bertz CT molecular complexity index is 400. The van der Waals surface area contributed by atoms with Crippen molar-refractivity contribution in [3.8, 4) is 0 Å². The molecule has 2 N–H and O–H groups in total. The fraction of sp³-hybridized carbons (Fsp3) is 0.875. The highest BCUT2D eigenvalue weighted by Crippen LogP contribution is 2.54. The molecule has 3 rings (SSSR count). The second-order valence-corrected chi connectivity index (χ2v) is 7.80. The molecule has 5 nitrogen and oxygen atoms in total. The summed E-state index contributed by atoms with van der Waals surface area (Å²) in [6.07, 6.45) is 6.53. The van der Waals surface area contributed by atoms with E-state index in [-0.39, 0.29) is 23.5 Å². The van der Waals surface area contributed by atoms with Crippen molar-refractivity contribution in [2.75, 3.05) is 0 Å². The summed E-state index contributed by atoms with van der Waals surface area (Å²) in [5.41, 5.74) is -0.418. The minimum Gasteiger partial charge on any atom is -0.481 e. The second kappa shape index (κ2) is 5.50. The molecule has 3 saturated carbocycles. The maximum absolute atomic E-state index is 12.0. The molecule has 120 valence electrons. The van der Waals surface area contributed by atoms with Gasteiger partial charge in [-0.2, -0.15) is 0 Å². The van der Waals surface area contributed by atoms with Gasteiger partial charge in [0.25, 0.3) is 0 Å². The highest BCUT2D eigenvalue weighted by atomic mass is 16.6. The van der Waals surface area contributed by atoms with Gasteiger partial charge < -0.3 is 15.2 Å². The van der Waals surface area contributed by atoms with Gasteiger partial charge in [0.15, 0.2) is 0 Å². The summed E-state index contributed by atoms with van der Waals surface area (Å²) in [6.45, 7) is 5.59. The topological polar surface area (TPSA) is 75.6 Å². The van der Waals surface area contributed by atoms with Crippen molar-refractivity contribution >= 4 is 12.1 Å².